The summed E-state index contributed by atoms with van der Waals surface area (Å²) >= 11 is 0. The second-order valence-corrected chi connectivity index (χ2v) is 2.07. The van der Waals surface area contributed by atoms with Crippen LogP contribution in [0.25, 0.3) is 0 Å². The highest BCUT2D eigenvalue weighted by Crippen LogP contribution is 1.73. The van der Waals surface area contributed by atoms with Crippen molar-refractivity contribution >= 4 is 18.3 Å². The van der Waals surface area contributed by atoms with E-state index >= 15 is 0 Å². The van der Waals surface area contributed by atoms with Crippen LogP contribution in [0.15, 0.2) is 0 Å². The molecule has 0 bridgehead atoms. The average Bonchev–Trinajstić information content (AvgIpc) is 1.88. The number of hydrogen-bond acceptors (Lipinski definition) is 3. The fourth-order valence-corrected chi connectivity index (χ4v) is 0.437. The number of methoxy groups -OCH3 is 1. The highest BCUT2D eigenvalue weighted by atomic mass is 35.5. The molecule has 0 aliphatic heterocycles. The highest BCUT2D eigenvalue weighted by Gasteiger charge is 2.04. The van der Waals surface area contributed by atoms with Gasteiger partial charge in [-0.3, -0.25) is 4.79 Å². The molecule has 0 saturated heterocycles. The second kappa shape index (κ2) is 7.78. The third-order valence-corrected chi connectivity index (χ3v) is 1.02. The summed E-state index contributed by atoms with van der Waals surface area (Å²) in [6, 6.07) is -0.433. The number of halogens is 1. The number of amides is 1. The van der Waals surface area contributed by atoms with Gasteiger partial charge in [0.25, 0.3) is 0 Å². The van der Waals surface area contributed by atoms with E-state index in [-0.39, 0.29) is 18.3 Å². The van der Waals surface area contributed by atoms with E-state index in [0.29, 0.717) is 13.2 Å². The standard InChI is InChI=1S/C6H14N2O2.ClH/c1-5(7)6(9)8-3-4-10-2;/h5H,3-4,7H2,1-2H3,(H,8,9);1H. The lowest BCUT2D eigenvalue weighted by molar-refractivity contribution is -0.122. The number of hydrogen-bond donors (Lipinski definition) is 2. The van der Waals surface area contributed by atoms with Crippen molar-refractivity contribution in [2.45, 2.75) is 13.0 Å². The quantitative estimate of drug-likeness (QED) is 0.578. The zero-order valence-electron chi connectivity index (χ0n) is 6.79. The average molecular weight is 183 g/mol. The number of nitrogens with two attached hydrogens (primary N) is 1. The van der Waals surface area contributed by atoms with Crippen molar-refractivity contribution in [1.29, 1.82) is 0 Å². The molecule has 0 rings (SSSR count). The Kier molecular flexibility index (Phi) is 9.40. The predicted octanol–water partition coefficient (Wildman–Crippen LogP) is -0.482. The predicted molar refractivity (Wildman–Crippen MR) is 45.8 cm³/mol. The molecule has 5 heteroatoms. The largest absolute Gasteiger partial charge is 0.383 e. The lowest BCUT2D eigenvalue weighted by Gasteiger charge is -2.05. The first-order valence-electron chi connectivity index (χ1n) is 3.20. The van der Waals surface area contributed by atoms with Crippen molar-refractivity contribution in [2.24, 2.45) is 5.73 Å². The van der Waals surface area contributed by atoms with Crippen LogP contribution in [0.2, 0.25) is 0 Å². The van der Waals surface area contributed by atoms with Gasteiger partial charge in [-0.05, 0) is 6.92 Å². The molecule has 11 heavy (non-hydrogen) atoms. The Hall–Kier alpha value is -0.320. The summed E-state index contributed by atoms with van der Waals surface area (Å²) in [5, 5.41) is 2.59. The van der Waals surface area contributed by atoms with E-state index in [4.69, 9.17) is 10.5 Å². The van der Waals surface area contributed by atoms with Gasteiger partial charge in [0, 0.05) is 13.7 Å². The Balaban J connectivity index is 0. The fourth-order valence-electron chi connectivity index (χ4n) is 0.437. The van der Waals surface area contributed by atoms with Gasteiger partial charge in [0.15, 0.2) is 0 Å². The van der Waals surface area contributed by atoms with Crippen LogP contribution in [0.4, 0.5) is 0 Å². The van der Waals surface area contributed by atoms with Crippen LogP contribution >= 0.6 is 12.4 Å². The second-order valence-electron chi connectivity index (χ2n) is 2.07. The lowest BCUT2D eigenvalue weighted by atomic mass is 10.3. The molecule has 0 aliphatic carbocycles. The summed E-state index contributed by atoms with van der Waals surface area (Å²) in [5.41, 5.74) is 5.27. The molecule has 1 atom stereocenters. The molecule has 0 aromatic heterocycles. The summed E-state index contributed by atoms with van der Waals surface area (Å²) in [4.78, 5) is 10.7. The van der Waals surface area contributed by atoms with Crippen LogP contribution in [0.5, 0.6) is 0 Å². The van der Waals surface area contributed by atoms with E-state index < -0.39 is 6.04 Å². The van der Waals surface area contributed by atoms with Crippen molar-refractivity contribution in [1.82, 2.24) is 5.32 Å². The monoisotopic (exact) mass is 182 g/mol. The van der Waals surface area contributed by atoms with Crippen molar-refractivity contribution in [3.05, 3.63) is 0 Å². The molecule has 0 aromatic carbocycles. The third-order valence-electron chi connectivity index (χ3n) is 1.02. The Morgan fingerprint density at radius 2 is 2.27 bits per heavy atom. The molecule has 0 radical (unpaired) electrons. The van der Waals surface area contributed by atoms with Gasteiger partial charge >= 0.3 is 0 Å². The normalized spacial score (nSPS) is 11.5. The van der Waals surface area contributed by atoms with Crippen LogP contribution in [-0.2, 0) is 9.53 Å². The van der Waals surface area contributed by atoms with Gasteiger partial charge in [0.1, 0.15) is 0 Å². The smallest absolute Gasteiger partial charge is 0.236 e. The topological polar surface area (TPSA) is 64.3 Å². The zero-order valence-corrected chi connectivity index (χ0v) is 7.61. The van der Waals surface area contributed by atoms with Crippen molar-refractivity contribution in [2.75, 3.05) is 20.3 Å². The van der Waals surface area contributed by atoms with Crippen LogP contribution in [-0.4, -0.2) is 32.2 Å². The Labute approximate surface area is 72.9 Å². The molecule has 0 saturated carbocycles. The number of carbonyl (C=O) groups is 1. The first-order chi connectivity index (χ1) is 4.68. The molecule has 0 spiro atoms. The van der Waals surface area contributed by atoms with Crippen LogP contribution in [0, 0.1) is 0 Å². The maximum Gasteiger partial charge on any atom is 0.236 e. The molecule has 0 heterocycles. The Morgan fingerprint density at radius 1 is 1.73 bits per heavy atom. The van der Waals surface area contributed by atoms with Crippen molar-refractivity contribution in [3.63, 3.8) is 0 Å². The first kappa shape index (κ1) is 13.3. The van der Waals surface area contributed by atoms with E-state index in [0.717, 1.165) is 0 Å². The molecule has 0 aliphatic rings. The number of ether oxygens (including phenoxy) is 1. The SMILES string of the molecule is COCCNC(=O)C(C)N.Cl. The van der Waals surface area contributed by atoms with Crippen LogP contribution < -0.4 is 11.1 Å². The van der Waals surface area contributed by atoms with Crippen molar-refractivity contribution < 1.29 is 9.53 Å². The minimum atomic E-state index is -0.433. The van der Waals surface area contributed by atoms with Crippen molar-refractivity contribution in [3.8, 4) is 0 Å². The summed E-state index contributed by atoms with van der Waals surface area (Å²) in [6.07, 6.45) is 0. The molecular weight excluding hydrogens is 168 g/mol. The van der Waals surface area contributed by atoms with Gasteiger partial charge in [-0.25, -0.2) is 0 Å². The van der Waals surface area contributed by atoms with E-state index in [1.54, 1.807) is 14.0 Å². The Morgan fingerprint density at radius 3 is 2.64 bits per heavy atom. The summed E-state index contributed by atoms with van der Waals surface area (Å²) < 4.78 is 4.72. The van der Waals surface area contributed by atoms with Gasteiger partial charge in [0.05, 0.1) is 12.6 Å². The Bertz CT molecular complexity index is 109. The van der Waals surface area contributed by atoms with E-state index in [1.165, 1.54) is 0 Å². The highest BCUT2D eigenvalue weighted by molar-refractivity contribution is 5.85. The zero-order chi connectivity index (χ0) is 7.98. The van der Waals surface area contributed by atoms with Gasteiger partial charge in [-0.1, -0.05) is 0 Å². The van der Waals surface area contributed by atoms with Crippen LogP contribution in [0.3, 0.4) is 0 Å². The molecule has 1 unspecified atom stereocenters. The molecule has 4 nitrogen and oxygen atoms in total. The minimum absolute atomic E-state index is 0. The number of carbonyl (C=O) groups excluding carboxylic acids is 1. The molecule has 3 N–H and O–H groups in total. The van der Waals surface area contributed by atoms with E-state index in [1.807, 2.05) is 0 Å². The number of rotatable bonds is 4. The lowest BCUT2D eigenvalue weighted by Crippen LogP contribution is -2.39. The summed E-state index contributed by atoms with van der Waals surface area (Å²) in [7, 11) is 1.58. The molecular formula is C6H15ClN2O2. The molecule has 0 aromatic rings. The minimum Gasteiger partial charge on any atom is -0.383 e. The van der Waals surface area contributed by atoms with Gasteiger partial charge in [-0.15, -0.1) is 12.4 Å². The maximum absolute atomic E-state index is 10.7. The molecule has 0 fully saturated rings. The van der Waals surface area contributed by atoms with Gasteiger partial charge < -0.3 is 15.8 Å². The maximum atomic E-state index is 10.7. The third kappa shape index (κ3) is 7.58. The molecule has 68 valence electrons. The van der Waals surface area contributed by atoms with Gasteiger partial charge in [0.2, 0.25) is 5.91 Å². The molecule has 1 amide bonds. The van der Waals surface area contributed by atoms with E-state index in [9.17, 15) is 4.79 Å². The van der Waals surface area contributed by atoms with Gasteiger partial charge in [-0.2, -0.15) is 0 Å². The van der Waals surface area contributed by atoms with E-state index in [2.05, 4.69) is 5.32 Å². The van der Waals surface area contributed by atoms with Crippen LogP contribution in [0.1, 0.15) is 6.92 Å². The summed E-state index contributed by atoms with van der Waals surface area (Å²) in [5.74, 6) is -0.142. The first-order valence-corrected chi connectivity index (χ1v) is 3.20. The fraction of sp³-hybridized carbons (Fsp3) is 0.833. The summed E-state index contributed by atoms with van der Waals surface area (Å²) in [6.45, 7) is 2.69. The number of nitrogens with one attached hydrogen (secondary N) is 1.